The van der Waals surface area contributed by atoms with Crippen LogP contribution in [0.5, 0.6) is 5.75 Å². The molecular formula is C51H54O7. The lowest BCUT2D eigenvalue weighted by atomic mass is 9.85. The molecule has 0 N–H and O–H groups in total. The van der Waals surface area contributed by atoms with Crippen molar-refractivity contribution in [2.24, 2.45) is 5.92 Å². The molecule has 1 aromatic heterocycles. The van der Waals surface area contributed by atoms with Crippen LogP contribution in [0.15, 0.2) is 111 Å². The van der Waals surface area contributed by atoms with Crippen molar-refractivity contribution < 1.29 is 28.2 Å². The van der Waals surface area contributed by atoms with E-state index in [4.69, 9.17) is 18.6 Å². The van der Waals surface area contributed by atoms with Gasteiger partial charge >= 0.3 is 17.6 Å². The van der Waals surface area contributed by atoms with Gasteiger partial charge in [0.15, 0.2) is 12.2 Å². The molecule has 5 aromatic rings. The summed E-state index contributed by atoms with van der Waals surface area (Å²) in [6.07, 6.45) is 3.84. The number of allylic oxidation sites excluding steroid dienone is 1. The maximum absolute atomic E-state index is 14.5. The summed E-state index contributed by atoms with van der Waals surface area (Å²) in [4.78, 5) is 42.5. The van der Waals surface area contributed by atoms with Gasteiger partial charge in [-0.25, -0.2) is 9.59 Å². The van der Waals surface area contributed by atoms with Crippen molar-refractivity contribution in [3.8, 4) is 5.75 Å². The van der Waals surface area contributed by atoms with Crippen molar-refractivity contribution in [3.63, 3.8) is 0 Å². The molecule has 3 atom stereocenters. The first kappa shape index (κ1) is 39.4. The number of benzene rings is 4. The fourth-order valence-electron chi connectivity index (χ4n) is 9.36. The highest BCUT2D eigenvalue weighted by Gasteiger charge is 2.51. The topological polar surface area (TPSA) is 92.0 Å². The van der Waals surface area contributed by atoms with Gasteiger partial charge in [0, 0.05) is 22.9 Å². The zero-order valence-electron chi connectivity index (χ0n) is 34.6. The summed E-state index contributed by atoms with van der Waals surface area (Å²) < 4.78 is 25.9. The van der Waals surface area contributed by atoms with E-state index in [1.54, 1.807) is 0 Å². The van der Waals surface area contributed by atoms with E-state index in [-0.39, 0.29) is 17.8 Å². The minimum atomic E-state index is -1.10. The van der Waals surface area contributed by atoms with Gasteiger partial charge in [0.25, 0.3) is 0 Å². The normalized spacial score (nSPS) is 21.3. The molecule has 58 heavy (non-hydrogen) atoms. The van der Waals surface area contributed by atoms with E-state index in [0.717, 1.165) is 59.8 Å². The van der Waals surface area contributed by atoms with Crippen LogP contribution in [-0.4, -0.2) is 23.6 Å². The van der Waals surface area contributed by atoms with Crippen molar-refractivity contribution in [1.82, 2.24) is 0 Å². The standard InChI is InChI=1S/C51H54O7/c1-31(2)38-22-21-32-15-17-35(18-16-32)29-37(20-19-34-13-10-14-36(28-34)27-33-11-8-7-9-12-33)30-42(52)55-46-43-41(58-51(5,6)47(46)57-48(38)53)24-23-40-39-25-26-50(3,4)44(39)49(54)56-45(40)43/h7-18,23-24,28,37,46-47H,19-22,25-27,29-30H2,1-6H3/t37-,46+,47-/m0/s1. The van der Waals surface area contributed by atoms with E-state index < -0.39 is 35.4 Å². The molecule has 0 fully saturated rings. The zero-order chi connectivity index (χ0) is 40.8. The molecule has 3 aliphatic heterocycles. The Kier molecular flexibility index (Phi) is 10.7. The Labute approximate surface area is 341 Å². The minimum absolute atomic E-state index is 0.0365. The van der Waals surface area contributed by atoms with Gasteiger partial charge in [-0.05, 0) is 136 Å². The van der Waals surface area contributed by atoms with Gasteiger partial charge in [-0.1, -0.05) is 98.3 Å². The van der Waals surface area contributed by atoms with Gasteiger partial charge < -0.3 is 18.6 Å². The number of carbonyl (C=O) groups is 2. The number of rotatable bonds is 5. The van der Waals surface area contributed by atoms with Crippen molar-refractivity contribution >= 4 is 22.9 Å². The Hall–Kier alpha value is -5.43. The SMILES string of the molecule is CC(C)=C1CCc2ccc(cc2)C[C@H](CCc2cccc(Cc3ccccc3)c2)CC(=O)O[C@@H]2c3c(ccc4c5c(c(=O)oc34)C(C)(C)CC5)OC(C)(C)[C@H]2OC1=O. The lowest BCUT2D eigenvalue weighted by Gasteiger charge is -2.43. The molecule has 0 unspecified atom stereocenters. The summed E-state index contributed by atoms with van der Waals surface area (Å²) in [5.41, 5.74) is 7.98. The average Bonchev–Trinajstić information content (AvgIpc) is 3.51. The lowest BCUT2D eigenvalue weighted by Crippen LogP contribution is -2.52. The zero-order valence-corrected chi connectivity index (χ0v) is 34.6. The minimum Gasteiger partial charge on any atom is -0.483 e. The van der Waals surface area contributed by atoms with Crippen LogP contribution in [0.1, 0.15) is 118 Å². The Balaban J connectivity index is 1.17. The summed E-state index contributed by atoms with van der Waals surface area (Å²) in [7, 11) is 0. The molecule has 0 amide bonds. The maximum atomic E-state index is 14.5. The average molecular weight is 779 g/mol. The van der Waals surface area contributed by atoms with Crippen molar-refractivity contribution in [1.29, 1.82) is 0 Å². The smallest absolute Gasteiger partial charge is 0.340 e. The van der Waals surface area contributed by atoms with Crippen LogP contribution in [0.25, 0.3) is 11.0 Å². The highest BCUT2D eigenvalue weighted by Crippen LogP contribution is 2.49. The van der Waals surface area contributed by atoms with Crippen LogP contribution in [0, 0.1) is 5.92 Å². The first-order valence-corrected chi connectivity index (χ1v) is 20.8. The highest BCUT2D eigenvalue weighted by atomic mass is 16.6. The molecule has 4 aliphatic rings. The summed E-state index contributed by atoms with van der Waals surface area (Å²) >= 11 is 0. The Morgan fingerprint density at radius 1 is 0.741 bits per heavy atom. The molecule has 300 valence electrons. The molecule has 0 radical (unpaired) electrons. The second kappa shape index (κ2) is 15.7. The molecule has 0 spiro atoms. The summed E-state index contributed by atoms with van der Waals surface area (Å²) in [6.45, 7) is 11.6. The fraction of sp³-hybridized carbons (Fsp3) is 0.392. The van der Waals surface area contributed by atoms with Crippen molar-refractivity contribution in [2.75, 3.05) is 0 Å². The van der Waals surface area contributed by atoms with E-state index >= 15 is 0 Å². The molecule has 1 aliphatic carbocycles. The first-order valence-electron chi connectivity index (χ1n) is 20.8. The van der Waals surface area contributed by atoms with Crippen LogP contribution < -0.4 is 10.4 Å². The second-order valence-electron chi connectivity index (χ2n) is 18.0. The third-order valence-corrected chi connectivity index (χ3v) is 12.6. The van der Waals surface area contributed by atoms with Gasteiger partial charge in [0.2, 0.25) is 0 Å². The number of ether oxygens (including phenoxy) is 3. The third kappa shape index (κ3) is 8.01. The van der Waals surface area contributed by atoms with Crippen LogP contribution in [-0.2, 0) is 56.6 Å². The number of fused-ring (bicyclic) bond motifs is 15. The molecule has 4 aromatic carbocycles. The predicted molar refractivity (Wildman–Crippen MR) is 226 cm³/mol. The van der Waals surface area contributed by atoms with E-state index in [1.807, 2.05) is 45.9 Å². The monoisotopic (exact) mass is 778 g/mol. The number of hydrogen-bond donors (Lipinski definition) is 0. The van der Waals surface area contributed by atoms with Gasteiger partial charge in [0.05, 0.1) is 5.56 Å². The van der Waals surface area contributed by atoms with Gasteiger partial charge in [-0.3, -0.25) is 4.79 Å². The summed E-state index contributed by atoms with van der Waals surface area (Å²) in [5.74, 6) is -0.492. The Morgan fingerprint density at radius 3 is 2.22 bits per heavy atom. The number of carbonyl (C=O) groups excluding carboxylic acids is 2. The van der Waals surface area contributed by atoms with Crippen LogP contribution in [0.4, 0.5) is 0 Å². The fourth-order valence-corrected chi connectivity index (χ4v) is 9.36. The van der Waals surface area contributed by atoms with Gasteiger partial charge in [-0.15, -0.1) is 0 Å². The quantitative estimate of drug-likeness (QED) is 0.0996. The molecule has 7 heteroatoms. The number of aryl methyl sites for hydroxylation is 3. The van der Waals surface area contributed by atoms with Crippen molar-refractivity contribution in [2.45, 2.75) is 123 Å². The van der Waals surface area contributed by atoms with Gasteiger partial charge in [0.1, 0.15) is 16.9 Å². The Bertz CT molecular complexity index is 2450. The lowest BCUT2D eigenvalue weighted by molar-refractivity contribution is -0.188. The second-order valence-corrected chi connectivity index (χ2v) is 18.0. The summed E-state index contributed by atoms with van der Waals surface area (Å²) in [5, 5.41) is 0.788. The van der Waals surface area contributed by atoms with E-state index in [2.05, 4.69) is 86.6 Å². The molecule has 2 bridgehead atoms. The van der Waals surface area contributed by atoms with Crippen LogP contribution in [0.3, 0.4) is 0 Å². The van der Waals surface area contributed by atoms with E-state index in [0.29, 0.717) is 47.3 Å². The number of hydrogen-bond acceptors (Lipinski definition) is 7. The highest BCUT2D eigenvalue weighted by molar-refractivity contribution is 5.90. The van der Waals surface area contributed by atoms with E-state index in [9.17, 15) is 14.4 Å². The molecule has 0 saturated carbocycles. The maximum Gasteiger partial charge on any atom is 0.340 e. The Morgan fingerprint density at radius 2 is 1.47 bits per heavy atom. The summed E-state index contributed by atoms with van der Waals surface area (Å²) in [6, 6.07) is 31.5. The van der Waals surface area contributed by atoms with Crippen LogP contribution >= 0.6 is 0 Å². The molecule has 4 heterocycles. The van der Waals surface area contributed by atoms with Gasteiger partial charge in [-0.2, -0.15) is 0 Å². The van der Waals surface area contributed by atoms with E-state index in [1.165, 1.54) is 16.7 Å². The third-order valence-electron chi connectivity index (χ3n) is 12.6. The predicted octanol–water partition coefficient (Wildman–Crippen LogP) is 10.4. The first-order chi connectivity index (χ1) is 27.8. The van der Waals surface area contributed by atoms with Crippen LogP contribution in [0.2, 0.25) is 0 Å². The number of esters is 2. The molecule has 9 rings (SSSR count). The molecular weight excluding hydrogens is 725 g/mol. The molecule has 7 nitrogen and oxygen atoms in total. The largest absolute Gasteiger partial charge is 0.483 e. The molecule has 0 saturated heterocycles. The van der Waals surface area contributed by atoms with Crippen molar-refractivity contribution in [3.05, 3.63) is 157 Å².